The number of ether oxygens (including phenoxy) is 2. The summed E-state index contributed by atoms with van der Waals surface area (Å²) >= 11 is 0. The molecule has 0 spiro atoms. The van der Waals surface area contributed by atoms with Gasteiger partial charge in [-0.2, -0.15) is 0 Å². The van der Waals surface area contributed by atoms with Crippen molar-refractivity contribution >= 4 is 17.7 Å². The van der Waals surface area contributed by atoms with Crippen molar-refractivity contribution in [2.75, 3.05) is 13.2 Å². The van der Waals surface area contributed by atoms with Crippen LogP contribution >= 0.6 is 0 Å². The molecule has 0 fully saturated rings. The van der Waals surface area contributed by atoms with Crippen LogP contribution in [0.15, 0.2) is 90.0 Å². The second-order valence-electron chi connectivity index (χ2n) is 8.16. The lowest BCUT2D eigenvalue weighted by molar-refractivity contribution is -0.145. The molecule has 0 aliphatic rings. The zero-order chi connectivity index (χ0) is 26.2. The van der Waals surface area contributed by atoms with Gasteiger partial charge in [-0.05, 0) is 34.1 Å². The summed E-state index contributed by atoms with van der Waals surface area (Å²) in [5, 5.41) is 0. The number of hydrogen-bond donors (Lipinski definition) is 1. The van der Waals surface area contributed by atoms with Crippen molar-refractivity contribution in [2.24, 2.45) is 10.7 Å². The molecule has 2 rings (SSSR count). The van der Waals surface area contributed by atoms with Crippen LogP contribution in [0.5, 0.6) is 0 Å². The lowest BCUT2D eigenvalue weighted by Crippen LogP contribution is -2.32. The van der Waals surface area contributed by atoms with E-state index in [0.29, 0.717) is 26.1 Å². The van der Waals surface area contributed by atoms with Crippen molar-refractivity contribution in [3.8, 4) is 0 Å². The lowest BCUT2D eigenvalue weighted by atomic mass is 10.0. The minimum absolute atomic E-state index is 0.315. The molecular weight excluding hydrogens is 440 g/mol. The first kappa shape index (κ1) is 29.5. The maximum absolute atomic E-state index is 12.3. The Morgan fingerprint density at radius 3 is 1.63 bits per heavy atom. The van der Waals surface area contributed by atoms with E-state index in [1.807, 2.05) is 74.5 Å². The van der Waals surface area contributed by atoms with Gasteiger partial charge in [0.2, 0.25) is 0 Å². The van der Waals surface area contributed by atoms with E-state index in [-0.39, 0.29) is 11.9 Å². The van der Waals surface area contributed by atoms with Crippen LogP contribution in [0.4, 0.5) is 0 Å². The van der Waals surface area contributed by atoms with Crippen LogP contribution in [0.25, 0.3) is 0 Å². The molecule has 0 bridgehead atoms. The molecule has 0 heterocycles. The van der Waals surface area contributed by atoms with Gasteiger partial charge in [0.05, 0.1) is 18.9 Å². The highest BCUT2D eigenvalue weighted by atomic mass is 16.5. The Bertz CT molecular complexity index is 943. The van der Waals surface area contributed by atoms with E-state index in [1.54, 1.807) is 13.8 Å². The highest BCUT2D eigenvalue weighted by Crippen LogP contribution is 2.16. The molecule has 2 atom stereocenters. The molecule has 0 aliphatic carbocycles. The number of benzene rings is 2. The van der Waals surface area contributed by atoms with Gasteiger partial charge < -0.3 is 15.2 Å². The van der Waals surface area contributed by atoms with Gasteiger partial charge in [0, 0.05) is 17.5 Å². The fourth-order valence-electron chi connectivity index (χ4n) is 3.12. The molecule has 35 heavy (non-hydrogen) atoms. The SMILES string of the molecule is C=C(C)C[C@H](N)C(=O)OCC.C=C(C)C[C@H](N=C(c1ccccc1)c1ccccc1)C(=O)OCC. The molecule has 0 radical (unpaired) electrons. The maximum atomic E-state index is 12.3. The van der Waals surface area contributed by atoms with Gasteiger partial charge in [-0.3, -0.25) is 9.79 Å². The second-order valence-corrected chi connectivity index (χ2v) is 8.16. The van der Waals surface area contributed by atoms with Crippen molar-refractivity contribution in [1.82, 2.24) is 0 Å². The van der Waals surface area contributed by atoms with Gasteiger partial charge in [0.15, 0.2) is 6.04 Å². The van der Waals surface area contributed by atoms with E-state index in [1.165, 1.54) is 0 Å². The Hall–Kier alpha value is -3.51. The molecule has 6 heteroatoms. The molecular formula is C29H38N2O4. The fraction of sp³-hybridized carbons (Fsp3) is 0.345. The predicted octanol–water partition coefficient (Wildman–Crippen LogP) is 5.26. The highest BCUT2D eigenvalue weighted by molar-refractivity contribution is 6.13. The Kier molecular flexibility index (Phi) is 13.6. The van der Waals surface area contributed by atoms with Crippen molar-refractivity contribution in [3.63, 3.8) is 0 Å². The van der Waals surface area contributed by atoms with Crippen LogP contribution < -0.4 is 5.73 Å². The van der Waals surface area contributed by atoms with Gasteiger partial charge in [0.1, 0.15) is 6.04 Å². The van der Waals surface area contributed by atoms with Gasteiger partial charge in [-0.25, -0.2) is 4.79 Å². The van der Waals surface area contributed by atoms with Gasteiger partial charge in [0.25, 0.3) is 0 Å². The molecule has 2 aromatic carbocycles. The molecule has 0 aromatic heterocycles. The first-order valence-corrected chi connectivity index (χ1v) is 11.8. The zero-order valence-corrected chi connectivity index (χ0v) is 21.3. The zero-order valence-electron chi connectivity index (χ0n) is 21.3. The van der Waals surface area contributed by atoms with E-state index in [4.69, 9.17) is 20.2 Å². The molecule has 2 aromatic rings. The molecule has 2 N–H and O–H groups in total. The third-order valence-corrected chi connectivity index (χ3v) is 4.64. The highest BCUT2D eigenvalue weighted by Gasteiger charge is 2.21. The molecule has 188 valence electrons. The van der Waals surface area contributed by atoms with E-state index >= 15 is 0 Å². The topological polar surface area (TPSA) is 91.0 Å². The molecule has 0 aliphatic heterocycles. The number of carbonyl (C=O) groups excluding carboxylic acids is 2. The summed E-state index contributed by atoms with van der Waals surface area (Å²) in [6, 6.07) is 18.6. The maximum Gasteiger partial charge on any atom is 0.331 e. The molecule has 6 nitrogen and oxygen atoms in total. The van der Waals surface area contributed by atoms with Crippen molar-refractivity contribution < 1.29 is 19.1 Å². The molecule has 0 saturated heterocycles. The number of esters is 2. The van der Waals surface area contributed by atoms with Gasteiger partial charge in [-0.1, -0.05) is 71.8 Å². The summed E-state index contributed by atoms with van der Waals surface area (Å²) in [6.45, 7) is 15.6. The van der Waals surface area contributed by atoms with E-state index in [0.717, 1.165) is 28.0 Å². The average Bonchev–Trinajstić information content (AvgIpc) is 2.83. The van der Waals surface area contributed by atoms with Crippen LogP contribution in [0, 0.1) is 0 Å². The summed E-state index contributed by atoms with van der Waals surface area (Å²) in [5.41, 5.74) is 9.99. The Morgan fingerprint density at radius 1 is 0.800 bits per heavy atom. The predicted molar refractivity (Wildman–Crippen MR) is 142 cm³/mol. The van der Waals surface area contributed by atoms with E-state index in [2.05, 4.69) is 13.2 Å². The number of nitrogens with zero attached hydrogens (tertiary/aromatic N) is 1. The monoisotopic (exact) mass is 478 g/mol. The molecule has 0 amide bonds. The van der Waals surface area contributed by atoms with Gasteiger partial charge >= 0.3 is 11.9 Å². The largest absolute Gasteiger partial charge is 0.465 e. The van der Waals surface area contributed by atoms with Crippen LogP contribution in [0.2, 0.25) is 0 Å². The van der Waals surface area contributed by atoms with Gasteiger partial charge in [-0.15, -0.1) is 13.2 Å². The van der Waals surface area contributed by atoms with E-state index in [9.17, 15) is 9.59 Å². The summed E-state index contributed by atoms with van der Waals surface area (Å²) in [7, 11) is 0. The van der Waals surface area contributed by atoms with Crippen molar-refractivity contribution in [1.29, 1.82) is 0 Å². The van der Waals surface area contributed by atoms with Crippen LogP contribution in [-0.4, -0.2) is 42.9 Å². The smallest absolute Gasteiger partial charge is 0.331 e. The normalized spacial score (nSPS) is 11.7. The number of hydrogen-bond acceptors (Lipinski definition) is 6. The molecule has 0 saturated carbocycles. The van der Waals surface area contributed by atoms with Crippen LogP contribution in [0.3, 0.4) is 0 Å². The minimum atomic E-state index is -0.585. The number of aliphatic imine (C=N–C) groups is 1. The Morgan fingerprint density at radius 2 is 1.23 bits per heavy atom. The average molecular weight is 479 g/mol. The number of nitrogens with two attached hydrogens (primary N) is 1. The lowest BCUT2D eigenvalue weighted by Gasteiger charge is -2.15. The third-order valence-electron chi connectivity index (χ3n) is 4.64. The van der Waals surface area contributed by atoms with E-state index < -0.39 is 12.1 Å². The molecule has 0 unspecified atom stereocenters. The standard InChI is InChI=1S/C21H23NO2.C8H15NO2/c1-4-24-21(23)19(15-16(2)3)22-20(17-11-7-5-8-12-17)18-13-9-6-10-14-18;1-4-11-8(10)7(9)5-6(2)3/h5-14,19H,2,4,15H2,1,3H3;7H,2,4-5,9H2,1,3H3/t19-;7-/m00/s1. The quantitative estimate of drug-likeness (QED) is 0.270. The Labute approximate surface area is 209 Å². The summed E-state index contributed by atoms with van der Waals surface area (Å²) in [6.07, 6.45) is 0.973. The van der Waals surface area contributed by atoms with Crippen LogP contribution in [-0.2, 0) is 19.1 Å². The Balaban J connectivity index is 0.000000471. The summed E-state index contributed by atoms with van der Waals surface area (Å²) in [5.74, 6) is -0.666. The van der Waals surface area contributed by atoms with Crippen LogP contribution in [0.1, 0.15) is 51.7 Å². The van der Waals surface area contributed by atoms with Crippen molar-refractivity contribution in [3.05, 3.63) is 96.1 Å². The summed E-state index contributed by atoms with van der Waals surface area (Å²) < 4.78 is 9.89. The number of carbonyl (C=O) groups is 2. The van der Waals surface area contributed by atoms with Crippen molar-refractivity contribution in [2.45, 2.75) is 52.6 Å². The minimum Gasteiger partial charge on any atom is -0.465 e. The third kappa shape index (κ3) is 11.5. The summed E-state index contributed by atoms with van der Waals surface area (Å²) in [4.78, 5) is 28.0. The first-order valence-electron chi connectivity index (χ1n) is 11.8. The first-order chi connectivity index (χ1) is 16.7. The number of rotatable bonds is 11. The fourth-order valence-corrected chi connectivity index (χ4v) is 3.12. The second kappa shape index (κ2) is 16.2.